The smallest absolute Gasteiger partial charge is 0.254 e. The lowest BCUT2D eigenvalue weighted by Crippen LogP contribution is -2.40. The summed E-state index contributed by atoms with van der Waals surface area (Å²) >= 11 is 0. The lowest BCUT2D eigenvalue weighted by atomic mass is 10.0. The highest BCUT2D eigenvalue weighted by Crippen LogP contribution is 2.27. The van der Waals surface area contributed by atoms with Gasteiger partial charge >= 0.3 is 0 Å². The summed E-state index contributed by atoms with van der Waals surface area (Å²) in [5, 5.41) is 13.9. The Balaban J connectivity index is 2.65. The van der Waals surface area contributed by atoms with Gasteiger partial charge in [0, 0.05) is 10.9 Å². The van der Waals surface area contributed by atoms with Gasteiger partial charge < -0.3 is 10.5 Å². The van der Waals surface area contributed by atoms with Gasteiger partial charge in [-0.05, 0) is 40.2 Å². The van der Waals surface area contributed by atoms with E-state index in [-0.39, 0.29) is 11.4 Å². The Hall–Kier alpha value is -1.97. The van der Waals surface area contributed by atoms with E-state index in [1.54, 1.807) is 6.92 Å². The third kappa shape index (κ3) is 2.30. The second-order valence-electron chi connectivity index (χ2n) is 5.95. The largest absolute Gasteiger partial charge is 0.428 e. The molecule has 0 unspecified atom stereocenters. The number of benzene rings is 1. The van der Waals surface area contributed by atoms with E-state index in [2.05, 4.69) is 5.32 Å². The number of nitrogens with one attached hydrogen (secondary N) is 1. The molecular weight excluding hydrogens is 240 g/mol. The van der Waals surface area contributed by atoms with Gasteiger partial charge in [-0.25, -0.2) is 0 Å². The van der Waals surface area contributed by atoms with Crippen molar-refractivity contribution in [2.75, 3.05) is 0 Å². The van der Waals surface area contributed by atoms with Crippen LogP contribution in [0.3, 0.4) is 0 Å². The van der Waals surface area contributed by atoms with E-state index >= 15 is 0 Å². The first-order valence-electron chi connectivity index (χ1n) is 6.35. The minimum absolute atomic E-state index is 0.159. The lowest BCUT2D eigenvalue weighted by molar-refractivity contribution is 0.0917. The number of hydrogen-bond donors (Lipinski definition) is 2. The molecule has 2 N–H and O–H groups in total. The van der Waals surface area contributed by atoms with Gasteiger partial charge in [0.25, 0.3) is 5.91 Å². The number of aryl methyl sites for hydroxylation is 1. The van der Waals surface area contributed by atoms with Crippen LogP contribution in [0.5, 0.6) is 0 Å². The third-order valence-electron chi connectivity index (χ3n) is 3.11. The highest BCUT2D eigenvalue weighted by Gasteiger charge is 2.23. The van der Waals surface area contributed by atoms with E-state index in [0.717, 1.165) is 15.7 Å². The zero-order valence-corrected chi connectivity index (χ0v) is 12.0. The highest BCUT2D eigenvalue weighted by atomic mass is 16.5. The summed E-state index contributed by atoms with van der Waals surface area (Å²) in [6.07, 6.45) is 0. The fraction of sp³-hybridized carbons (Fsp3) is 0.400. The zero-order chi connectivity index (χ0) is 14.4. The first-order chi connectivity index (χ1) is 8.72. The molecule has 4 heteroatoms. The van der Waals surface area contributed by atoms with Crippen LogP contribution in [0.2, 0.25) is 0 Å². The average Bonchev–Trinajstić information content (AvgIpc) is 2.50. The van der Waals surface area contributed by atoms with Crippen molar-refractivity contribution in [3.63, 3.8) is 0 Å². The van der Waals surface area contributed by atoms with Crippen molar-refractivity contribution in [3.8, 4) is 0 Å². The molecule has 0 bridgehead atoms. The van der Waals surface area contributed by atoms with Crippen LogP contribution < -0.4 is 5.32 Å². The van der Waals surface area contributed by atoms with Gasteiger partial charge in [-0.2, -0.15) is 4.73 Å². The van der Waals surface area contributed by atoms with Crippen LogP contribution in [0.4, 0.5) is 0 Å². The van der Waals surface area contributed by atoms with E-state index < -0.39 is 0 Å². The summed E-state index contributed by atoms with van der Waals surface area (Å²) in [5.74, 6) is -0.159. The van der Waals surface area contributed by atoms with Crippen LogP contribution in [0.25, 0.3) is 10.9 Å². The predicted molar refractivity (Wildman–Crippen MR) is 75.8 cm³/mol. The Morgan fingerprint density at radius 3 is 2.47 bits per heavy atom. The molecule has 0 fully saturated rings. The Bertz CT molecular complexity index is 648. The summed E-state index contributed by atoms with van der Waals surface area (Å²) in [6, 6.07) is 5.67. The van der Waals surface area contributed by atoms with Crippen molar-refractivity contribution >= 4 is 16.8 Å². The molecule has 2 aromatic rings. The number of para-hydroxylation sites is 1. The number of aromatic nitrogens is 1. The molecule has 4 nitrogen and oxygen atoms in total. The van der Waals surface area contributed by atoms with Crippen molar-refractivity contribution in [1.82, 2.24) is 10.0 Å². The van der Waals surface area contributed by atoms with Crippen LogP contribution in [-0.2, 0) is 0 Å². The first-order valence-corrected chi connectivity index (χ1v) is 6.35. The molecule has 2 rings (SSSR count). The van der Waals surface area contributed by atoms with E-state index in [1.807, 2.05) is 45.9 Å². The quantitative estimate of drug-likeness (QED) is 0.774. The number of fused-ring (bicyclic) bond motifs is 1. The van der Waals surface area contributed by atoms with Crippen LogP contribution in [0, 0.1) is 13.8 Å². The second kappa shape index (κ2) is 4.30. The SMILES string of the molecule is Cc1cccc2c(C(=O)NC(C)(C)C)c(C)n(O)c12. The fourth-order valence-corrected chi connectivity index (χ4v) is 2.30. The van der Waals surface area contributed by atoms with Crippen LogP contribution in [0.1, 0.15) is 42.4 Å². The van der Waals surface area contributed by atoms with Crippen molar-refractivity contribution in [2.24, 2.45) is 0 Å². The molecule has 0 aliphatic carbocycles. The predicted octanol–water partition coefficient (Wildman–Crippen LogP) is 3.02. The van der Waals surface area contributed by atoms with Crippen molar-refractivity contribution < 1.29 is 10.0 Å². The average molecular weight is 260 g/mol. The standard InChI is InChI=1S/C15H20N2O2/c1-9-7-6-8-11-12(10(2)17(19)13(9)11)14(18)16-15(3,4)5/h6-8,19H,1-5H3,(H,16,18). The third-order valence-corrected chi connectivity index (χ3v) is 3.11. The number of amides is 1. The van der Waals surface area contributed by atoms with E-state index in [1.165, 1.54) is 0 Å². The Morgan fingerprint density at radius 2 is 1.89 bits per heavy atom. The molecule has 0 aliphatic heterocycles. The summed E-state index contributed by atoms with van der Waals surface area (Å²) in [6.45, 7) is 9.47. The molecule has 102 valence electrons. The van der Waals surface area contributed by atoms with Gasteiger partial charge in [-0.3, -0.25) is 4.79 Å². The summed E-state index contributed by atoms with van der Waals surface area (Å²) in [5.41, 5.74) is 2.43. The number of carbonyl (C=O) groups excluding carboxylic acids is 1. The molecule has 1 amide bonds. The summed E-state index contributed by atoms with van der Waals surface area (Å²) < 4.78 is 1.10. The number of carbonyl (C=O) groups is 1. The van der Waals surface area contributed by atoms with Crippen molar-refractivity contribution in [2.45, 2.75) is 40.2 Å². The Morgan fingerprint density at radius 1 is 1.26 bits per heavy atom. The zero-order valence-electron chi connectivity index (χ0n) is 12.0. The molecule has 0 radical (unpaired) electrons. The minimum Gasteiger partial charge on any atom is -0.428 e. The van der Waals surface area contributed by atoms with Gasteiger partial charge in [0.05, 0.1) is 16.8 Å². The van der Waals surface area contributed by atoms with Crippen LogP contribution in [-0.4, -0.2) is 21.4 Å². The molecule has 1 aromatic carbocycles. The maximum atomic E-state index is 12.4. The van der Waals surface area contributed by atoms with Gasteiger partial charge in [0.15, 0.2) is 0 Å². The summed E-state index contributed by atoms with van der Waals surface area (Å²) in [4.78, 5) is 12.4. The number of hydrogen-bond acceptors (Lipinski definition) is 2. The van der Waals surface area contributed by atoms with Gasteiger partial charge in [0.1, 0.15) is 0 Å². The maximum Gasteiger partial charge on any atom is 0.254 e. The minimum atomic E-state index is -0.308. The van der Waals surface area contributed by atoms with Gasteiger partial charge in [0.2, 0.25) is 0 Å². The van der Waals surface area contributed by atoms with Gasteiger partial charge in [-0.1, -0.05) is 18.2 Å². The second-order valence-corrected chi connectivity index (χ2v) is 5.95. The molecule has 0 aliphatic rings. The fourth-order valence-electron chi connectivity index (χ4n) is 2.30. The number of rotatable bonds is 1. The van der Waals surface area contributed by atoms with Crippen LogP contribution in [0.15, 0.2) is 18.2 Å². The van der Waals surface area contributed by atoms with Crippen molar-refractivity contribution in [1.29, 1.82) is 0 Å². The first kappa shape index (κ1) is 13.5. The molecule has 19 heavy (non-hydrogen) atoms. The maximum absolute atomic E-state index is 12.4. The molecular formula is C15H20N2O2. The molecule has 1 heterocycles. The van der Waals surface area contributed by atoms with Crippen LogP contribution >= 0.6 is 0 Å². The Kier molecular flexibility index (Phi) is 3.04. The van der Waals surface area contributed by atoms with E-state index in [0.29, 0.717) is 16.8 Å². The van der Waals surface area contributed by atoms with Gasteiger partial charge in [-0.15, -0.1) is 0 Å². The van der Waals surface area contributed by atoms with E-state index in [4.69, 9.17) is 0 Å². The van der Waals surface area contributed by atoms with E-state index in [9.17, 15) is 10.0 Å². The highest BCUT2D eigenvalue weighted by molar-refractivity contribution is 6.09. The number of nitrogens with zero attached hydrogens (tertiary/aromatic N) is 1. The molecule has 0 saturated carbocycles. The Labute approximate surface area is 113 Å². The molecule has 1 aromatic heterocycles. The van der Waals surface area contributed by atoms with Crippen molar-refractivity contribution in [3.05, 3.63) is 35.0 Å². The topological polar surface area (TPSA) is 54.3 Å². The summed E-state index contributed by atoms with van der Waals surface area (Å²) in [7, 11) is 0. The molecule has 0 spiro atoms. The molecule has 0 atom stereocenters. The monoisotopic (exact) mass is 260 g/mol. The molecule has 0 saturated heterocycles. The normalized spacial score (nSPS) is 11.8. The lowest BCUT2D eigenvalue weighted by Gasteiger charge is -2.20.